The number of phenols is 1. The van der Waals surface area contributed by atoms with Crippen LogP contribution in [0.3, 0.4) is 0 Å². The molecule has 1 atom stereocenters. The molecule has 1 aliphatic rings. The maximum Gasteiger partial charge on any atom is 0.191 e. The van der Waals surface area contributed by atoms with Crippen LogP contribution in [0.1, 0.15) is 26.3 Å². The average molecular weight is 506 g/mol. The van der Waals surface area contributed by atoms with Gasteiger partial charge in [-0.15, -0.1) is 24.0 Å². The highest BCUT2D eigenvalue weighted by molar-refractivity contribution is 14.0. The molecule has 0 saturated carbocycles. The first kappa shape index (κ1) is 24.8. The zero-order valence-electron chi connectivity index (χ0n) is 17.4. The van der Waals surface area contributed by atoms with Crippen molar-refractivity contribution in [1.82, 2.24) is 15.5 Å². The number of nitrogens with zero attached hydrogens (tertiary/aromatic N) is 2. The minimum atomic E-state index is 0. The van der Waals surface area contributed by atoms with Gasteiger partial charge in [0.1, 0.15) is 11.5 Å². The summed E-state index contributed by atoms with van der Waals surface area (Å²) in [6.45, 7) is 12.1. The van der Waals surface area contributed by atoms with E-state index in [0.29, 0.717) is 30.7 Å². The molecule has 1 aliphatic heterocycles. The van der Waals surface area contributed by atoms with E-state index >= 15 is 0 Å². The predicted octanol–water partition coefficient (Wildman–Crippen LogP) is 2.43. The molecule has 1 fully saturated rings. The van der Waals surface area contributed by atoms with Crippen LogP contribution in [0.5, 0.6) is 11.5 Å². The number of morpholine rings is 1. The maximum atomic E-state index is 10.0. The summed E-state index contributed by atoms with van der Waals surface area (Å²) in [6.07, 6.45) is 0.145. The number of aromatic hydroxyl groups is 1. The van der Waals surface area contributed by atoms with Gasteiger partial charge in [-0.05, 0) is 31.0 Å². The quantitative estimate of drug-likeness (QED) is 0.286. The number of guanidine groups is 1. The molecule has 1 unspecified atom stereocenters. The topological polar surface area (TPSA) is 78.4 Å². The Balaban J connectivity index is 0.00000392. The van der Waals surface area contributed by atoms with E-state index in [4.69, 9.17) is 9.47 Å². The minimum Gasteiger partial charge on any atom is -0.508 e. The Hall–Kier alpha value is -1.26. The van der Waals surface area contributed by atoms with E-state index < -0.39 is 0 Å². The number of rotatable bonds is 8. The molecule has 0 spiro atoms. The third-order valence-electron chi connectivity index (χ3n) is 4.38. The van der Waals surface area contributed by atoms with Crippen LogP contribution in [-0.4, -0.2) is 68.5 Å². The van der Waals surface area contributed by atoms with Crippen LogP contribution in [0.25, 0.3) is 0 Å². The fourth-order valence-corrected chi connectivity index (χ4v) is 3.12. The highest BCUT2D eigenvalue weighted by Crippen LogP contribution is 2.23. The second kappa shape index (κ2) is 13.1. The van der Waals surface area contributed by atoms with Crippen molar-refractivity contribution in [3.05, 3.63) is 23.8 Å². The van der Waals surface area contributed by atoms with Gasteiger partial charge in [-0.25, -0.2) is 4.99 Å². The van der Waals surface area contributed by atoms with E-state index in [1.165, 1.54) is 0 Å². The van der Waals surface area contributed by atoms with Gasteiger partial charge in [0.2, 0.25) is 0 Å². The summed E-state index contributed by atoms with van der Waals surface area (Å²) < 4.78 is 11.1. The van der Waals surface area contributed by atoms with Gasteiger partial charge >= 0.3 is 0 Å². The van der Waals surface area contributed by atoms with Crippen LogP contribution in [0, 0.1) is 5.92 Å². The Morgan fingerprint density at radius 1 is 1.39 bits per heavy atom. The van der Waals surface area contributed by atoms with Crippen molar-refractivity contribution < 1.29 is 14.6 Å². The predicted molar refractivity (Wildman–Crippen MR) is 124 cm³/mol. The number of aliphatic imine (C=N–C) groups is 1. The Morgan fingerprint density at radius 2 is 2.18 bits per heavy atom. The van der Waals surface area contributed by atoms with Gasteiger partial charge in [0, 0.05) is 38.3 Å². The fraction of sp³-hybridized carbons (Fsp3) is 0.650. The number of ether oxygens (including phenoxy) is 2. The lowest BCUT2D eigenvalue weighted by Crippen LogP contribution is -2.50. The Morgan fingerprint density at radius 3 is 2.86 bits per heavy atom. The smallest absolute Gasteiger partial charge is 0.191 e. The van der Waals surface area contributed by atoms with Crippen molar-refractivity contribution >= 4 is 29.9 Å². The Bertz CT molecular complexity index is 613. The Kier molecular flexibility index (Phi) is 11.6. The van der Waals surface area contributed by atoms with E-state index in [1.807, 2.05) is 6.92 Å². The summed E-state index contributed by atoms with van der Waals surface area (Å²) in [5.74, 6) is 2.29. The molecule has 1 aromatic carbocycles. The third-order valence-corrected chi connectivity index (χ3v) is 4.38. The van der Waals surface area contributed by atoms with Gasteiger partial charge in [0.25, 0.3) is 0 Å². The Labute approximate surface area is 185 Å². The third kappa shape index (κ3) is 8.40. The molecule has 160 valence electrons. The van der Waals surface area contributed by atoms with Crippen molar-refractivity contribution in [3.8, 4) is 11.5 Å². The minimum absolute atomic E-state index is 0. The molecule has 7 nitrogen and oxygen atoms in total. The molecule has 1 aromatic rings. The van der Waals surface area contributed by atoms with Gasteiger partial charge in [0.15, 0.2) is 5.96 Å². The van der Waals surface area contributed by atoms with Crippen molar-refractivity contribution in [2.24, 2.45) is 10.9 Å². The van der Waals surface area contributed by atoms with Crippen molar-refractivity contribution in [2.75, 3.05) is 46.4 Å². The van der Waals surface area contributed by atoms with Gasteiger partial charge in [-0.3, -0.25) is 4.90 Å². The van der Waals surface area contributed by atoms with E-state index in [2.05, 4.69) is 34.4 Å². The zero-order valence-corrected chi connectivity index (χ0v) is 19.7. The molecular formula is C20H35IN4O3. The molecule has 0 radical (unpaired) electrons. The number of halogens is 1. The number of hydrogen-bond acceptors (Lipinski definition) is 5. The van der Waals surface area contributed by atoms with Gasteiger partial charge in [-0.1, -0.05) is 13.8 Å². The number of nitrogens with one attached hydrogen (secondary N) is 2. The summed E-state index contributed by atoms with van der Waals surface area (Å²) in [5.41, 5.74) is 0.726. The van der Waals surface area contributed by atoms with Gasteiger partial charge in [-0.2, -0.15) is 0 Å². The van der Waals surface area contributed by atoms with Crippen LogP contribution >= 0.6 is 24.0 Å². The van der Waals surface area contributed by atoms with Crippen molar-refractivity contribution in [2.45, 2.75) is 33.4 Å². The number of hydrogen-bond donors (Lipinski definition) is 3. The van der Waals surface area contributed by atoms with Crippen molar-refractivity contribution in [1.29, 1.82) is 0 Å². The molecule has 1 saturated heterocycles. The lowest BCUT2D eigenvalue weighted by molar-refractivity contribution is -0.0284. The van der Waals surface area contributed by atoms with Gasteiger partial charge < -0.3 is 25.2 Å². The summed E-state index contributed by atoms with van der Waals surface area (Å²) in [5, 5.41) is 16.6. The summed E-state index contributed by atoms with van der Waals surface area (Å²) in [4.78, 5) is 7.04. The highest BCUT2D eigenvalue weighted by Gasteiger charge is 2.21. The first-order valence-corrected chi connectivity index (χ1v) is 9.73. The lowest BCUT2D eigenvalue weighted by atomic mass is 10.2. The van der Waals surface area contributed by atoms with Gasteiger partial charge in [0.05, 0.1) is 26.4 Å². The number of methoxy groups -OCH3 is 1. The maximum absolute atomic E-state index is 10.0. The van der Waals surface area contributed by atoms with Crippen LogP contribution in [0.15, 0.2) is 23.2 Å². The highest BCUT2D eigenvalue weighted by atomic mass is 127. The van der Waals surface area contributed by atoms with E-state index in [1.54, 1.807) is 25.3 Å². The van der Waals surface area contributed by atoms with E-state index in [-0.39, 0.29) is 35.8 Å². The molecule has 3 N–H and O–H groups in total. The molecule has 28 heavy (non-hydrogen) atoms. The summed E-state index contributed by atoms with van der Waals surface area (Å²) in [6, 6.07) is 5.16. The molecule has 0 aliphatic carbocycles. The first-order valence-electron chi connectivity index (χ1n) is 9.73. The molecule has 0 amide bonds. The normalized spacial score (nSPS) is 17.9. The molecule has 1 heterocycles. The number of benzene rings is 1. The van der Waals surface area contributed by atoms with E-state index in [0.717, 1.165) is 38.3 Å². The molecule has 0 bridgehead atoms. The van der Waals surface area contributed by atoms with Crippen LogP contribution < -0.4 is 15.4 Å². The second-order valence-electron chi connectivity index (χ2n) is 7.22. The molecule has 0 aromatic heterocycles. The van der Waals surface area contributed by atoms with Crippen LogP contribution in [0.4, 0.5) is 0 Å². The standard InChI is InChI=1S/C20H34N4O3.HI/c1-5-21-20(22-11-16-10-17(26-4)6-7-19(16)25)23-12-18-14-24(8-9-27-18)13-15(2)3;/h6-7,10,15,18,25H,5,8-9,11-14H2,1-4H3,(H2,21,22,23);1H. The van der Waals surface area contributed by atoms with Crippen molar-refractivity contribution in [3.63, 3.8) is 0 Å². The van der Waals surface area contributed by atoms with Crippen LogP contribution in [0.2, 0.25) is 0 Å². The van der Waals surface area contributed by atoms with E-state index in [9.17, 15) is 5.11 Å². The lowest BCUT2D eigenvalue weighted by Gasteiger charge is -2.34. The fourth-order valence-electron chi connectivity index (χ4n) is 3.12. The summed E-state index contributed by atoms with van der Waals surface area (Å²) >= 11 is 0. The molecule has 8 heteroatoms. The monoisotopic (exact) mass is 506 g/mol. The number of phenolic OH excluding ortho intramolecular Hbond substituents is 1. The second-order valence-corrected chi connectivity index (χ2v) is 7.22. The average Bonchev–Trinajstić information content (AvgIpc) is 2.65. The first-order chi connectivity index (χ1) is 13.0. The largest absolute Gasteiger partial charge is 0.508 e. The van der Waals surface area contributed by atoms with Crippen LogP contribution in [-0.2, 0) is 11.3 Å². The molecule has 2 rings (SSSR count). The summed E-state index contributed by atoms with van der Waals surface area (Å²) in [7, 11) is 1.61. The SMILES string of the molecule is CCNC(=NCc1cc(OC)ccc1O)NCC1CN(CC(C)C)CCO1.I. The molecular weight excluding hydrogens is 471 g/mol. The zero-order chi connectivity index (χ0) is 19.6.